The highest BCUT2D eigenvalue weighted by molar-refractivity contribution is 7.99. The first-order valence-electron chi connectivity index (χ1n) is 6.18. The minimum atomic E-state index is -0.993. The van der Waals surface area contributed by atoms with Crippen LogP contribution in [0.1, 0.15) is 15.9 Å². The first kappa shape index (κ1) is 13.9. The molecule has 0 saturated carbocycles. The Morgan fingerprint density at radius 2 is 1.90 bits per heavy atom. The summed E-state index contributed by atoms with van der Waals surface area (Å²) in [5.74, 6) is -2.47. The maximum atomic E-state index is 13.6. The summed E-state index contributed by atoms with van der Waals surface area (Å²) in [7, 11) is 0. The van der Waals surface area contributed by atoms with Gasteiger partial charge in [-0.15, -0.1) is 11.8 Å². The van der Waals surface area contributed by atoms with Crippen molar-refractivity contribution in [2.45, 2.75) is 4.90 Å². The lowest BCUT2D eigenvalue weighted by molar-refractivity contribution is 0.103. The number of hydrogen-bond donors (Lipinski definition) is 0. The molecule has 0 atom stereocenters. The number of carbonyl (C=O) groups excluding carboxylic acids is 1. The third-order valence-corrected chi connectivity index (χ3v) is 4.29. The molecule has 106 valence electrons. The van der Waals surface area contributed by atoms with Gasteiger partial charge in [0, 0.05) is 27.3 Å². The Kier molecular flexibility index (Phi) is 3.59. The largest absolute Gasteiger partial charge is 0.289 e. The minimum absolute atomic E-state index is 0.0128. The molecule has 0 saturated heterocycles. The van der Waals surface area contributed by atoms with Gasteiger partial charge in [0.05, 0.1) is 0 Å². The van der Waals surface area contributed by atoms with Crippen molar-refractivity contribution in [3.05, 3.63) is 70.5 Å². The normalized spacial score (nSPS) is 16.1. The molecule has 0 unspecified atom stereocenters. The third-order valence-electron chi connectivity index (χ3n) is 3.17. The van der Waals surface area contributed by atoms with Crippen molar-refractivity contribution in [3.63, 3.8) is 0 Å². The number of halogens is 3. The van der Waals surface area contributed by atoms with Crippen molar-refractivity contribution in [1.82, 2.24) is 0 Å². The van der Waals surface area contributed by atoms with Crippen LogP contribution >= 0.6 is 11.8 Å². The molecule has 2 aromatic rings. The zero-order valence-corrected chi connectivity index (χ0v) is 11.5. The average molecular weight is 306 g/mol. The molecule has 5 heteroatoms. The molecular formula is C16H9F3OS. The van der Waals surface area contributed by atoms with E-state index in [1.165, 1.54) is 42.1 Å². The van der Waals surface area contributed by atoms with E-state index in [1.807, 2.05) is 0 Å². The van der Waals surface area contributed by atoms with Crippen molar-refractivity contribution in [2.75, 3.05) is 5.75 Å². The summed E-state index contributed by atoms with van der Waals surface area (Å²) >= 11 is 1.37. The molecule has 21 heavy (non-hydrogen) atoms. The Hall–Kier alpha value is -2.01. The topological polar surface area (TPSA) is 17.1 Å². The Morgan fingerprint density at radius 1 is 1.10 bits per heavy atom. The van der Waals surface area contributed by atoms with Gasteiger partial charge in [-0.05, 0) is 30.3 Å². The van der Waals surface area contributed by atoms with Gasteiger partial charge in [0.2, 0.25) is 0 Å². The molecular weight excluding hydrogens is 297 g/mol. The monoisotopic (exact) mass is 306 g/mol. The van der Waals surface area contributed by atoms with Gasteiger partial charge in [0.15, 0.2) is 17.4 Å². The zero-order chi connectivity index (χ0) is 15.0. The fraction of sp³-hybridized carbons (Fsp3) is 0.0625. The standard InChI is InChI=1S/C16H9F3OS/c17-11-4-5-14-12(7-11)16(20)10(8-21-14)6-9-2-1-3-13(18)15(9)19/h1-7H,8H2. The summed E-state index contributed by atoms with van der Waals surface area (Å²) in [5, 5.41) is 0. The Morgan fingerprint density at radius 3 is 2.71 bits per heavy atom. The second-order valence-corrected chi connectivity index (χ2v) is 5.59. The number of hydrogen-bond acceptors (Lipinski definition) is 2. The van der Waals surface area contributed by atoms with Gasteiger partial charge in [0.25, 0.3) is 0 Å². The van der Waals surface area contributed by atoms with Crippen molar-refractivity contribution in [2.24, 2.45) is 0 Å². The van der Waals surface area contributed by atoms with Crippen LogP contribution in [0.4, 0.5) is 13.2 Å². The first-order valence-corrected chi connectivity index (χ1v) is 7.16. The van der Waals surface area contributed by atoms with Gasteiger partial charge < -0.3 is 0 Å². The molecule has 1 heterocycles. The molecule has 1 nitrogen and oxygen atoms in total. The second-order valence-electron chi connectivity index (χ2n) is 4.57. The van der Waals surface area contributed by atoms with Crippen molar-refractivity contribution < 1.29 is 18.0 Å². The zero-order valence-electron chi connectivity index (χ0n) is 10.7. The van der Waals surface area contributed by atoms with Crippen LogP contribution in [-0.2, 0) is 0 Å². The van der Waals surface area contributed by atoms with E-state index in [1.54, 1.807) is 6.07 Å². The molecule has 0 spiro atoms. The number of rotatable bonds is 1. The molecule has 2 aromatic carbocycles. The highest BCUT2D eigenvalue weighted by Gasteiger charge is 2.23. The van der Waals surface area contributed by atoms with E-state index in [4.69, 9.17) is 0 Å². The highest BCUT2D eigenvalue weighted by atomic mass is 32.2. The van der Waals surface area contributed by atoms with Gasteiger partial charge in [-0.3, -0.25) is 4.79 Å². The van der Waals surface area contributed by atoms with Crippen molar-refractivity contribution in [3.8, 4) is 0 Å². The lowest BCUT2D eigenvalue weighted by Crippen LogP contribution is -2.12. The van der Waals surface area contributed by atoms with Crippen LogP contribution < -0.4 is 0 Å². The maximum Gasteiger partial charge on any atom is 0.191 e. The molecule has 0 radical (unpaired) electrons. The van der Waals surface area contributed by atoms with E-state index < -0.39 is 17.5 Å². The van der Waals surface area contributed by atoms with E-state index in [-0.39, 0.29) is 16.9 Å². The Labute approximate surface area is 123 Å². The van der Waals surface area contributed by atoms with Crippen LogP contribution in [0.15, 0.2) is 46.9 Å². The summed E-state index contributed by atoms with van der Waals surface area (Å²) in [6.45, 7) is 0. The van der Waals surface area contributed by atoms with Crippen molar-refractivity contribution in [1.29, 1.82) is 0 Å². The van der Waals surface area contributed by atoms with Gasteiger partial charge in [0.1, 0.15) is 5.82 Å². The molecule has 0 fully saturated rings. The highest BCUT2D eigenvalue weighted by Crippen LogP contribution is 2.34. The number of carbonyl (C=O) groups is 1. The summed E-state index contributed by atoms with van der Waals surface area (Å²) in [6, 6.07) is 7.79. The number of benzene rings is 2. The average Bonchev–Trinajstić information content (AvgIpc) is 2.47. The Bertz CT molecular complexity index is 768. The lowest BCUT2D eigenvalue weighted by atomic mass is 10.0. The summed E-state index contributed by atoms with van der Waals surface area (Å²) in [5.41, 5.74) is 0.593. The summed E-state index contributed by atoms with van der Waals surface area (Å²) < 4.78 is 40.1. The quantitative estimate of drug-likeness (QED) is 0.723. The molecule has 1 aliphatic heterocycles. The fourth-order valence-corrected chi connectivity index (χ4v) is 3.12. The summed E-state index contributed by atoms with van der Waals surface area (Å²) in [6.07, 6.45) is 1.32. The van der Waals surface area contributed by atoms with Crippen LogP contribution in [0, 0.1) is 17.5 Å². The fourth-order valence-electron chi connectivity index (χ4n) is 2.13. The minimum Gasteiger partial charge on any atom is -0.289 e. The van der Waals surface area contributed by atoms with Crippen LogP contribution in [0.2, 0.25) is 0 Å². The molecule has 0 amide bonds. The maximum absolute atomic E-state index is 13.6. The van der Waals surface area contributed by atoms with E-state index in [2.05, 4.69) is 0 Å². The van der Waals surface area contributed by atoms with Crippen LogP contribution in [0.5, 0.6) is 0 Å². The van der Waals surface area contributed by atoms with Gasteiger partial charge in [-0.1, -0.05) is 12.1 Å². The molecule has 0 bridgehead atoms. The molecule has 3 rings (SSSR count). The first-order chi connectivity index (χ1) is 10.1. The molecule has 0 aromatic heterocycles. The molecule has 1 aliphatic rings. The van der Waals surface area contributed by atoms with Crippen LogP contribution in [0.3, 0.4) is 0 Å². The van der Waals surface area contributed by atoms with Crippen LogP contribution in [0.25, 0.3) is 6.08 Å². The third kappa shape index (κ3) is 2.61. The predicted octanol–water partition coefficient (Wildman–Crippen LogP) is 4.48. The molecule has 0 N–H and O–H groups in total. The molecule has 0 aliphatic carbocycles. The van der Waals surface area contributed by atoms with Crippen LogP contribution in [-0.4, -0.2) is 11.5 Å². The van der Waals surface area contributed by atoms with E-state index in [0.29, 0.717) is 16.2 Å². The number of Topliss-reactive ketones (excluding diaryl/α,β-unsaturated/α-hetero) is 1. The predicted molar refractivity (Wildman–Crippen MR) is 75.8 cm³/mol. The summed E-state index contributed by atoms with van der Waals surface area (Å²) in [4.78, 5) is 13.0. The number of thioether (sulfide) groups is 1. The van der Waals surface area contributed by atoms with Crippen molar-refractivity contribution >= 4 is 23.6 Å². The SMILES string of the molecule is O=C1C(=Cc2cccc(F)c2F)CSc2ccc(F)cc21. The lowest BCUT2D eigenvalue weighted by Gasteiger charge is -2.17. The van der Waals surface area contributed by atoms with Gasteiger partial charge in [-0.25, -0.2) is 13.2 Å². The van der Waals surface area contributed by atoms with Gasteiger partial charge in [-0.2, -0.15) is 0 Å². The smallest absolute Gasteiger partial charge is 0.191 e. The van der Waals surface area contributed by atoms with E-state index in [9.17, 15) is 18.0 Å². The van der Waals surface area contributed by atoms with E-state index in [0.717, 1.165) is 6.07 Å². The number of fused-ring (bicyclic) bond motifs is 1. The second kappa shape index (κ2) is 5.41. The van der Waals surface area contributed by atoms with E-state index >= 15 is 0 Å². The number of ketones is 1. The Balaban J connectivity index is 2.03. The van der Waals surface area contributed by atoms with Gasteiger partial charge >= 0.3 is 0 Å².